The zero-order chi connectivity index (χ0) is 13.6. The fourth-order valence-electron chi connectivity index (χ4n) is 1.82. The van der Waals surface area contributed by atoms with E-state index in [4.69, 9.17) is 13.9 Å². The van der Waals surface area contributed by atoms with Gasteiger partial charge in [0, 0.05) is 30.1 Å². The molecule has 106 valence electrons. The summed E-state index contributed by atoms with van der Waals surface area (Å²) in [5, 5.41) is 8.61. The molecule has 6 nitrogen and oxygen atoms in total. The van der Waals surface area contributed by atoms with E-state index >= 15 is 0 Å². The lowest BCUT2D eigenvalue weighted by Gasteiger charge is -2.22. The quantitative estimate of drug-likeness (QED) is 0.784. The Balaban J connectivity index is 1.50. The first-order valence-corrected chi connectivity index (χ1v) is 7.50. The molecule has 0 saturated carbocycles. The van der Waals surface area contributed by atoms with Crippen LogP contribution in [0, 0.1) is 0 Å². The van der Waals surface area contributed by atoms with Crippen LogP contribution in [0.3, 0.4) is 0 Å². The number of nitrogens with zero attached hydrogens (tertiary/aromatic N) is 3. The van der Waals surface area contributed by atoms with Crippen LogP contribution in [0.5, 0.6) is 0 Å². The summed E-state index contributed by atoms with van der Waals surface area (Å²) in [6, 6.07) is 3.68. The number of aromatic nitrogens is 3. The predicted molar refractivity (Wildman–Crippen MR) is 73.2 cm³/mol. The van der Waals surface area contributed by atoms with Gasteiger partial charge in [-0.1, -0.05) is 11.8 Å². The van der Waals surface area contributed by atoms with Crippen LogP contribution in [0.4, 0.5) is 0 Å². The Labute approximate surface area is 120 Å². The molecule has 0 atom stereocenters. The zero-order valence-corrected chi connectivity index (χ0v) is 11.7. The van der Waals surface area contributed by atoms with E-state index in [9.17, 15) is 0 Å². The minimum absolute atomic E-state index is 0.0983. The summed E-state index contributed by atoms with van der Waals surface area (Å²) < 4.78 is 16.6. The molecule has 0 unspecified atom stereocenters. The van der Waals surface area contributed by atoms with E-state index in [-0.39, 0.29) is 6.29 Å². The molecule has 0 aliphatic carbocycles. The largest absolute Gasteiger partial charge is 0.411 e. The van der Waals surface area contributed by atoms with E-state index in [1.807, 2.05) is 12.1 Å². The number of ether oxygens (including phenoxy) is 2. The topological polar surface area (TPSA) is 70.3 Å². The van der Waals surface area contributed by atoms with Crippen LogP contribution >= 0.6 is 11.8 Å². The van der Waals surface area contributed by atoms with Crippen molar-refractivity contribution in [3.05, 3.63) is 24.5 Å². The van der Waals surface area contributed by atoms with Crippen LogP contribution in [0.25, 0.3) is 11.5 Å². The molecule has 0 aromatic carbocycles. The Bertz CT molecular complexity index is 529. The first kappa shape index (κ1) is 13.5. The molecule has 0 N–H and O–H groups in total. The number of hydrogen-bond acceptors (Lipinski definition) is 7. The van der Waals surface area contributed by atoms with Crippen LogP contribution in [0.2, 0.25) is 0 Å². The molecule has 1 aliphatic heterocycles. The van der Waals surface area contributed by atoms with Gasteiger partial charge in [0.25, 0.3) is 5.22 Å². The number of pyridine rings is 1. The summed E-state index contributed by atoms with van der Waals surface area (Å²) in [7, 11) is 0. The molecule has 0 radical (unpaired) electrons. The summed E-state index contributed by atoms with van der Waals surface area (Å²) in [4.78, 5) is 3.96. The molecule has 3 rings (SSSR count). The van der Waals surface area contributed by atoms with Crippen molar-refractivity contribution in [2.24, 2.45) is 0 Å². The maximum atomic E-state index is 5.59. The summed E-state index contributed by atoms with van der Waals surface area (Å²) >= 11 is 1.51. The lowest BCUT2D eigenvalue weighted by atomic mass is 10.3. The second-order valence-corrected chi connectivity index (χ2v) is 5.32. The van der Waals surface area contributed by atoms with Gasteiger partial charge in [-0.25, -0.2) is 0 Å². The zero-order valence-electron chi connectivity index (χ0n) is 10.9. The summed E-state index contributed by atoms with van der Waals surface area (Å²) in [5.74, 6) is 1.34. The summed E-state index contributed by atoms with van der Waals surface area (Å²) in [6.07, 6.45) is 5.09. The molecule has 0 spiro atoms. The highest BCUT2D eigenvalue weighted by atomic mass is 32.2. The van der Waals surface area contributed by atoms with Crippen molar-refractivity contribution in [2.75, 3.05) is 19.0 Å². The molecular weight excluding hydrogens is 278 g/mol. The molecule has 3 heterocycles. The lowest BCUT2D eigenvalue weighted by Crippen LogP contribution is -2.25. The van der Waals surface area contributed by atoms with Crippen molar-refractivity contribution in [1.29, 1.82) is 0 Å². The van der Waals surface area contributed by atoms with Gasteiger partial charge < -0.3 is 13.9 Å². The van der Waals surface area contributed by atoms with Crippen LogP contribution in [0.1, 0.15) is 12.8 Å². The van der Waals surface area contributed by atoms with Crippen LogP contribution < -0.4 is 0 Å². The number of rotatable bonds is 5. The van der Waals surface area contributed by atoms with Gasteiger partial charge in [-0.2, -0.15) is 0 Å². The lowest BCUT2D eigenvalue weighted by molar-refractivity contribution is -0.178. The second-order valence-electron chi connectivity index (χ2n) is 4.27. The average molecular weight is 293 g/mol. The van der Waals surface area contributed by atoms with E-state index < -0.39 is 0 Å². The predicted octanol–water partition coefficient (Wildman–Crippen LogP) is 2.38. The van der Waals surface area contributed by atoms with Gasteiger partial charge in [-0.15, -0.1) is 10.2 Å². The van der Waals surface area contributed by atoms with Crippen molar-refractivity contribution >= 4 is 11.8 Å². The second kappa shape index (κ2) is 6.83. The van der Waals surface area contributed by atoms with Crippen molar-refractivity contribution in [2.45, 2.75) is 24.4 Å². The Morgan fingerprint density at radius 1 is 1.15 bits per heavy atom. The molecule has 0 amide bonds. The third-order valence-electron chi connectivity index (χ3n) is 2.81. The Morgan fingerprint density at radius 3 is 2.75 bits per heavy atom. The molecule has 1 saturated heterocycles. The van der Waals surface area contributed by atoms with Crippen LogP contribution in [-0.4, -0.2) is 40.4 Å². The normalized spacial score (nSPS) is 16.4. The molecule has 1 fully saturated rings. The highest BCUT2D eigenvalue weighted by molar-refractivity contribution is 7.99. The third-order valence-corrected chi connectivity index (χ3v) is 3.66. The monoisotopic (exact) mass is 293 g/mol. The maximum Gasteiger partial charge on any atom is 0.276 e. The van der Waals surface area contributed by atoms with E-state index in [1.165, 1.54) is 11.8 Å². The highest BCUT2D eigenvalue weighted by Crippen LogP contribution is 2.24. The Hall–Kier alpha value is -1.44. The van der Waals surface area contributed by atoms with E-state index in [0.29, 0.717) is 11.1 Å². The molecular formula is C13H15N3O3S. The standard InChI is InChI=1S/C13H15N3O3S/c1-7-17-11(18-8-1)4-9-20-13-16-15-12(19-13)10-2-5-14-6-3-10/h2-3,5-6,11H,1,4,7-9H2. The summed E-state index contributed by atoms with van der Waals surface area (Å²) in [6.45, 7) is 1.56. The van der Waals surface area contributed by atoms with E-state index in [0.717, 1.165) is 37.4 Å². The van der Waals surface area contributed by atoms with Crippen LogP contribution in [-0.2, 0) is 9.47 Å². The average Bonchev–Trinajstić information content (AvgIpc) is 2.98. The fraction of sp³-hybridized carbons (Fsp3) is 0.462. The maximum absolute atomic E-state index is 5.59. The van der Waals surface area contributed by atoms with Gasteiger partial charge in [0.05, 0.1) is 13.2 Å². The van der Waals surface area contributed by atoms with Gasteiger partial charge in [0.15, 0.2) is 6.29 Å². The van der Waals surface area contributed by atoms with Crippen molar-refractivity contribution in [3.63, 3.8) is 0 Å². The minimum Gasteiger partial charge on any atom is -0.411 e. The highest BCUT2D eigenvalue weighted by Gasteiger charge is 2.15. The van der Waals surface area contributed by atoms with Gasteiger partial charge in [0.2, 0.25) is 5.89 Å². The smallest absolute Gasteiger partial charge is 0.276 e. The van der Waals surface area contributed by atoms with Gasteiger partial charge in [-0.3, -0.25) is 4.98 Å². The summed E-state index contributed by atoms with van der Waals surface area (Å²) in [5.41, 5.74) is 0.873. The van der Waals surface area contributed by atoms with Crippen molar-refractivity contribution in [3.8, 4) is 11.5 Å². The molecule has 2 aromatic heterocycles. The van der Waals surface area contributed by atoms with Gasteiger partial charge in [0.1, 0.15) is 0 Å². The van der Waals surface area contributed by atoms with E-state index in [2.05, 4.69) is 15.2 Å². The van der Waals surface area contributed by atoms with Crippen molar-refractivity contribution in [1.82, 2.24) is 15.2 Å². The molecule has 1 aliphatic rings. The first-order chi connectivity index (χ1) is 9.92. The molecule has 7 heteroatoms. The minimum atomic E-state index is -0.0983. The van der Waals surface area contributed by atoms with E-state index in [1.54, 1.807) is 12.4 Å². The first-order valence-electron chi connectivity index (χ1n) is 6.52. The van der Waals surface area contributed by atoms with Crippen LogP contribution in [0.15, 0.2) is 34.2 Å². The fourth-order valence-corrected chi connectivity index (χ4v) is 2.55. The molecule has 20 heavy (non-hydrogen) atoms. The Morgan fingerprint density at radius 2 is 1.95 bits per heavy atom. The third kappa shape index (κ3) is 3.56. The SMILES string of the molecule is c1cc(-c2nnc(SCCC3OCCCO3)o2)ccn1. The van der Waals surface area contributed by atoms with Crippen molar-refractivity contribution < 1.29 is 13.9 Å². The number of hydrogen-bond donors (Lipinski definition) is 0. The number of thioether (sulfide) groups is 1. The van der Waals surface area contributed by atoms with Gasteiger partial charge >= 0.3 is 0 Å². The van der Waals surface area contributed by atoms with Gasteiger partial charge in [-0.05, 0) is 18.6 Å². The molecule has 2 aromatic rings. The Kier molecular flexibility index (Phi) is 4.62. The molecule has 0 bridgehead atoms.